The van der Waals surface area contributed by atoms with E-state index in [1.54, 1.807) is 16.7 Å². The number of pyridine rings is 2. The molecule has 1 N–H and O–H groups in total. The third-order valence-corrected chi connectivity index (χ3v) is 3.63. The molecular formula is C15H14N2O3. The van der Waals surface area contributed by atoms with E-state index < -0.39 is 5.97 Å². The van der Waals surface area contributed by atoms with E-state index >= 15 is 0 Å². The van der Waals surface area contributed by atoms with Gasteiger partial charge in [0, 0.05) is 18.0 Å². The van der Waals surface area contributed by atoms with E-state index in [1.165, 1.54) is 17.8 Å². The van der Waals surface area contributed by atoms with Crippen LogP contribution in [0.5, 0.6) is 0 Å². The largest absolute Gasteiger partial charge is 0.477 e. The lowest BCUT2D eigenvalue weighted by atomic mass is 10.2. The first-order valence-electron chi connectivity index (χ1n) is 6.55. The summed E-state index contributed by atoms with van der Waals surface area (Å²) in [6.07, 6.45) is 4.44. The normalized spacial score (nSPS) is 13.2. The van der Waals surface area contributed by atoms with Gasteiger partial charge in [-0.1, -0.05) is 6.07 Å². The van der Waals surface area contributed by atoms with Gasteiger partial charge in [0.05, 0.1) is 6.54 Å². The number of hydrogen-bond donors (Lipinski definition) is 1. The highest BCUT2D eigenvalue weighted by atomic mass is 16.4. The maximum atomic E-state index is 12.0. The summed E-state index contributed by atoms with van der Waals surface area (Å²) in [6.45, 7) is 0.394. The molecule has 0 radical (unpaired) electrons. The molecule has 5 nitrogen and oxygen atoms in total. The van der Waals surface area contributed by atoms with Crippen LogP contribution < -0.4 is 5.56 Å². The van der Waals surface area contributed by atoms with E-state index in [2.05, 4.69) is 4.98 Å². The Hall–Kier alpha value is -2.43. The molecular weight excluding hydrogens is 256 g/mol. The maximum Gasteiger partial charge on any atom is 0.354 e. The standard InChI is InChI=1S/C15H14N2O3/c18-14-5-4-11-2-1-3-13(11)17(14)9-10-6-7-16-12(8-10)15(19)20/h4-8H,1-3,9H2,(H,19,20). The number of carbonyl (C=O) groups is 1. The number of rotatable bonds is 3. The topological polar surface area (TPSA) is 72.2 Å². The molecule has 0 unspecified atom stereocenters. The molecule has 1 aliphatic carbocycles. The predicted molar refractivity (Wildman–Crippen MR) is 73.0 cm³/mol. The van der Waals surface area contributed by atoms with Crippen molar-refractivity contribution in [3.8, 4) is 0 Å². The van der Waals surface area contributed by atoms with Crippen molar-refractivity contribution < 1.29 is 9.90 Å². The molecule has 0 fully saturated rings. The van der Waals surface area contributed by atoms with Gasteiger partial charge in [-0.3, -0.25) is 4.79 Å². The zero-order chi connectivity index (χ0) is 14.1. The molecule has 1 aliphatic rings. The predicted octanol–water partition coefficient (Wildman–Crippen LogP) is 1.48. The van der Waals surface area contributed by atoms with Crippen molar-refractivity contribution >= 4 is 5.97 Å². The van der Waals surface area contributed by atoms with Gasteiger partial charge in [-0.05, 0) is 42.5 Å². The molecule has 20 heavy (non-hydrogen) atoms. The van der Waals surface area contributed by atoms with Crippen LogP contribution in [0, 0.1) is 0 Å². The summed E-state index contributed by atoms with van der Waals surface area (Å²) < 4.78 is 1.74. The Morgan fingerprint density at radius 1 is 1.30 bits per heavy atom. The fourth-order valence-corrected chi connectivity index (χ4v) is 2.68. The maximum absolute atomic E-state index is 12.0. The van der Waals surface area contributed by atoms with E-state index in [0.29, 0.717) is 6.54 Å². The first-order valence-corrected chi connectivity index (χ1v) is 6.55. The monoisotopic (exact) mass is 270 g/mol. The molecule has 0 atom stereocenters. The van der Waals surface area contributed by atoms with Gasteiger partial charge in [-0.2, -0.15) is 0 Å². The van der Waals surface area contributed by atoms with Gasteiger partial charge in [0.15, 0.2) is 0 Å². The van der Waals surface area contributed by atoms with Crippen LogP contribution in [0.25, 0.3) is 0 Å². The second-order valence-electron chi connectivity index (χ2n) is 4.94. The molecule has 0 aromatic carbocycles. The Morgan fingerprint density at radius 2 is 2.15 bits per heavy atom. The number of aromatic carboxylic acids is 1. The average Bonchev–Trinajstić information content (AvgIpc) is 2.91. The van der Waals surface area contributed by atoms with Crippen LogP contribution >= 0.6 is 0 Å². The lowest BCUT2D eigenvalue weighted by molar-refractivity contribution is 0.0690. The van der Waals surface area contributed by atoms with Crippen LogP contribution in [0.4, 0.5) is 0 Å². The van der Waals surface area contributed by atoms with Crippen LogP contribution in [0.2, 0.25) is 0 Å². The summed E-state index contributed by atoms with van der Waals surface area (Å²) >= 11 is 0. The molecule has 0 amide bonds. The van der Waals surface area contributed by atoms with Crippen molar-refractivity contribution in [2.75, 3.05) is 0 Å². The van der Waals surface area contributed by atoms with Crippen molar-refractivity contribution in [3.05, 3.63) is 63.3 Å². The lowest BCUT2D eigenvalue weighted by Gasteiger charge is -2.12. The van der Waals surface area contributed by atoms with Gasteiger partial charge in [0.2, 0.25) is 0 Å². The molecule has 2 aromatic rings. The summed E-state index contributed by atoms with van der Waals surface area (Å²) in [6, 6.07) is 6.75. The molecule has 0 spiro atoms. The molecule has 102 valence electrons. The van der Waals surface area contributed by atoms with Crippen LogP contribution in [-0.4, -0.2) is 20.6 Å². The minimum absolute atomic E-state index is 0.00289. The zero-order valence-electron chi connectivity index (χ0n) is 10.9. The number of carboxylic acids is 1. The smallest absolute Gasteiger partial charge is 0.354 e. The van der Waals surface area contributed by atoms with Gasteiger partial charge in [-0.15, -0.1) is 0 Å². The van der Waals surface area contributed by atoms with Crippen molar-refractivity contribution in [3.63, 3.8) is 0 Å². The molecule has 3 rings (SSSR count). The van der Waals surface area contributed by atoms with Crippen molar-refractivity contribution in [2.24, 2.45) is 0 Å². The van der Waals surface area contributed by atoms with Crippen LogP contribution in [0.3, 0.4) is 0 Å². The number of nitrogens with zero attached hydrogens (tertiary/aromatic N) is 2. The van der Waals surface area contributed by atoms with Gasteiger partial charge in [0.25, 0.3) is 5.56 Å². The summed E-state index contributed by atoms with van der Waals surface area (Å²) in [7, 11) is 0. The van der Waals surface area contributed by atoms with E-state index in [4.69, 9.17) is 5.11 Å². The van der Waals surface area contributed by atoms with Gasteiger partial charge >= 0.3 is 5.97 Å². The lowest BCUT2D eigenvalue weighted by Crippen LogP contribution is -2.23. The van der Waals surface area contributed by atoms with Gasteiger partial charge in [0.1, 0.15) is 5.69 Å². The quantitative estimate of drug-likeness (QED) is 0.917. The number of fused-ring (bicyclic) bond motifs is 1. The molecule has 2 heterocycles. The molecule has 2 aromatic heterocycles. The number of hydrogen-bond acceptors (Lipinski definition) is 3. The fourth-order valence-electron chi connectivity index (χ4n) is 2.68. The highest BCUT2D eigenvalue weighted by molar-refractivity contribution is 5.85. The first kappa shape index (κ1) is 12.6. The first-order chi connectivity index (χ1) is 9.65. The van der Waals surface area contributed by atoms with Gasteiger partial charge in [-0.25, -0.2) is 9.78 Å². The molecule has 0 saturated carbocycles. The second-order valence-corrected chi connectivity index (χ2v) is 4.94. The van der Waals surface area contributed by atoms with Crippen molar-refractivity contribution in [1.82, 2.24) is 9.55 Å². The van der Waals surface area contributed by atoms with Crippen LogP contribution in [-0.2, 0) is 19.4 Å². The second kappa shape index (κ2) is 4.92. The van der Waals surface area contributed by atoms with E-state index in [9.17, 15) is 9.59 Å². The Kier molecular flexibility index (Phi) is 3.10. The summed E-state index contributed by atoms with van der Waals surface area (Å²) in [4.78, 5) is 26.8. The Bertz CT molecular complexity index is 734. The Morgan fingerprint density at radius 3 is 2.95 bits per heavy atom. The molecule has 5 heteroatoms. The minimum Gasteiger partial charge on any atom is -0.477 e. The van der Waals surface area contributed by atoms with Crippen LogP contribution in [0.15, 0.2) is 35.3 Å². The fraction of sp³-hybridized carbons (Fsp3) is 0.267. The average molecular weight is 270 g/mol. The number of carboxylic acid groups (broad SMARTS) is 1. The highest BCUT2D eigenvalue weighted by Gasteiger charge is 2.16. The van der Waals surface area contributed by atoms with Crippen molar-refractivity contribution in [1.29, 1.82) is 0 Å². The van der Waals surface area contributed by atoms with Gasteiger partial charge < -0.3 is 9.67 Å². The number of aromatic nitrogens is 2. The SMILES string of the molecule is O=C(O)c1cc(Cn2c3c(ccc2=O)CCC3)ccn1. The van der Waals surface area contributed by atoms with E-state index in [1.807, 2.05) is 6.07 Å². The summed E-state index contributed by atoms with van der Waals surface area (Å²) in [5.41, 5.74) is 3.03. The van der Waals surface area contributed by atoms with E-state index in [-0.39, 0.29) is 11.3 Å². The Labute approximate surface area is 115 Å². The third kappa shape index (κ3) is 2.22. The zero-order valence-corrected chi connectivity index (χ0v) is 10.9. The molecule has 0 aliphatic heterocycles. The molecule has 0 saturated heterocycles. The highest BCUT2D eigenvalue weighted by Crippen LogP contribution is 2.20. The van der Waals surface area contributed by atoms with E-state index in [0.717, 1.165) is 30.5 Å². The van der Waals surface area contributed by atoms with Crippen molar-refractivity contribution in [2.45, 2.75) is 25.8 Å². The molecule has 0 bridgehead atoms. The third-order valence-electron chi connectivity index (χ3n) is 3.63. The number of aryl methyl sites for hydroxylation is 1. The summed E-state index contributed by atoms with van der Waals surface area (Å²) in [5.74, 6) is -1.06. The van der Waals surface area contributed by atoms with Crippen LogP contribution in [0.1, 0.15) is 33.7 Å². The minimum atomic E-state index is -1.06. The summed E-state index contributed by atoms with van der Waals surface area (Å²) in [5, 5.41) is 8.95. The Balaban J connectivity index is 2.00.